The van der Waals surface area contributed by atoms with Crippen molar-refractivity contribution in [2.24, 2.45) is 0 Å². The van der Waals surface area contributed by atoms with Crippen LogP contribution in [0.4, 0.5) is 0 Å². The Morgan fingerprint density at radius 1 is 0.700 bits per heavy atom. The summed E-state index contributed by atoms with van der Waals surface area (Å²) in [4.78, 5) is 65.2. The van der Waals surface area contributed by atoms with Gasteiger partial charge in [0.1, 0.15) is 18.4 Å². The summed E-state index contributed by atoms with van der Waals surface area (Å²) in [5, 5.41) is 10.9. The number of carbonyl (C=O) groups is 2. The molecule has 1 aromatic heterocycles. The Labute approximate surface area is 236 Å². The lowest BCUT2D eigenvalue weighted by molar-refractivity contribution is -0.146. The number of rotatable bonds is 19. The molecule has 0 aliphatic heterocycles. The average molecular weight is 566 g/mol. The molecule has 40 heavy (non-hydrogen) atoms. The minimum atomic E-state index is -1.47. The number of ether oxygens (including phenoxy) is 2. The number of unbranched alkanes of at least 4 members (excludes halogenated alkanes) is 4. The van der Waals surface area contributed by atoms with Crippen LogP contribution < -0.4 is 17.1 Å². The highest BCUT2D eigenvalue weighted by Gasteiger charge is 2.26. The summed E-state index contributed by atoms with van der Waals surface area (Å²) in [5.74, 6) is -1.32. The van der Waals surface area contributed by atoms with Crippen LogP contribution in [0, 0.1) is 0 Å². The number of carbonyl (C=O) groups excluding carboxylic acids is 2. The van der Waals surface area contributed by atoms with Gasteiger partial charge in [-0.15, -0.1) is 0 Å². The standard InChI is InChI=1S/C29H47N3O8/c1-8-11-14-17-24(33)32-28(37)30(18-22(15-12-9-2)39-25(34)20(4)5)27(36)31(29(32)38)19-23(16-13-10-3)40-26(35)21(6)7/h22-24,33H,4,6,8-19H2,1-3,5,7H3. The van der Waals surface area contributed by atoms with Crippen molar-refractivity contribution in [3.63, 3.8) is 0 Å². The number of hydrogen-bond donors (Lipinski definition) is 1. The predicted molar refractivity (Wildman–Crippen MR) is 153 cm³/mol. The predicted octanol–water partition coefficient (Wildman–Crippen LogP) is 3.60. The first kappa shape index (κ1) is 34.8. The number of aromatic nitrogens is 3. The fourth-order valence-corrected chi connectivity index (χ4v) is 4.07. The Kier molecular flexibility index (Phi) is 15.2. The van der Waals surface area contributed by atoms with Crippen LogP contribution in [0.2, 0.25) is 0 Å². The molecule has 11 nitrogen and oxygen atoms in total. The van der Waals surface area contributed by atoms with Crippen LogP contribution in [-0.2, 0) is 32.2 Å². The van der Waals surface area contributed by atoms with E-state index in [1.807, 2.05) is 20.8 Å². The highest BCUT2D eigenvalue weighted by molar-refractivity contribution is 5.87. The third-order valence-electron chi connectivity index (χ3n) is 6.48. The zero-order chi connectivity index (χ0) is 30.4. The summed E-state index contributed by atoms with van der Waals surface area (Å²) < 4.78 is 13.3. The molecule has 226 valence electrons. The Hall–Kier alpha value is -3.21. The molecule has 0 bridgehead atoms. The second-order valence-corrected chi connectivity index (χ2v) is 10.3. The lowest BCUT2D eigenvalue weighted by Crippen LogP contribution is -2.57. The van der Waals surface area contributed by atoms with Crippen molar-refractivity contribution in [2.75, 3.05) is 0 Å². The second kappa shape index (κ2) is 17.5. The highest BCUT2D eigenvalue weighted by Crippen LogP contribution is 2.12. The third-order valence-corrected chi connectivity index (χ3v) is 6.48. The summed E-state index contributed by atoms with van der Waals surface area (Å²) in [6.45, 7) is 15.4. The third kappa shape index (κ3) is 10.4. The van der Waals surface area contributed by atoms with Crippen LogP contribution in [0.1, 0.15) is 105 Å². The molecule has 0 radical (unpaired) electrons. The van der Waals surface area contributed by atoms with E-state index in [4.69, 9.17) is 9.47 Å². The van der Waals surface area contributed by atoms with E-state index in [1.54, 1.807) is 0 Å². The molecule has 0 fully saturated rings. The van der Waals surface area contributed by atoms with Crippen LogP contribution in [-0.4, -0.2) is 43.0 Å². The van der Waals surface area contributed by atoms with Gasteiger partial charge in [-0.3, -0.25) is 0 Å². The Bertz CT molecular complexity index is 1110. The first-order valence-electron chi connectivity index (χ1n) is 14.3. The summed E-state index contributed by atoms with van der Waals surface area (Å²) in [6, 6.07) is 0. The molecule has 0 amide bonds. The van der Waals surface area contributed by atoms with E-state index >= 15 is 0 Å². The largest absolute Gasteiger partial charge is 0.457 e. The van der Waals surface area contributed by atoms with Crippen molar-refractivity contribution >= 4 is 11.9 Å². The van der Waals surface area contributed by atoms with E-state index in [2.05, 4.69) is 13.2 Å². The molecule has 3 unspecified atom stereocenters. The SMILES string of the molecule is C=C(C)C(=O)OC(CCCC)Cn1c(=O)n(CC(CCCC)OC(=O)C(=C)C)c(=O)n(C(O)CCCCC)c1=O. The summed E-state index contributed by atoms with van der Waals surface area (Å²) in [6.07, 6.45) is 2.81. The first-order chi connectivity index (χ1) is 18.9. The highest BCUT2D eigenvalue weighted by atomic mass is 16.5. The average Bonchev–Trinajstić information content (AvgIpc) is 2.90. The molecule has 1 heterocycles. The first-order valence-corrected chi connectivity index (χ1v) is 14.3. The summed E-state index contributed by atoms with van der Waals surface area (Å²) in [7, 11) is 0. The van der Waals surface area contributed by atoms with Gasteiger partial charge in [0, 0.05) is 11.1 Å². The fraction of sp³-hybridized carbons (Fsp3) is 0.690. The van der Waals surface area contributed by atoms with Crippen LogP contribution in [0.5, 0.6) is 0 Å². The quantitative estimate of drug-likeness (QED) is 0.153. The van der Waals surface area contributed by atoms with Crippen LogP contribution >= 0.6 is 0 Å². The molecular weight excluding hydrogens is 518 g/mol. The van der Waals surface area contributed by atoms with E-state index < -0.39 is 47.4 Å². The van der Waals surface area contributed by atoms with Crippen molar-refractivity contribution in [3.8, 4) is 0 Å². The summed E-state index contributed by atoms with van der Waals surface area (Å²) in [5.41, 5.74) is -2.59. The van der Waals surface area contributed by atoms with Gasteiger partial charge < -0.3 is 14.6 Å². The maximum absolute atomic E-state index is 13.6. The lowest BCUT2D eigenvalue weighted by atomic mass is 10.1. The molecule has 0 aromatic carbocycles. The zero-order valence-electron chi connectivity index (χ0n) is 24.8. The van der Waals surface area contributed by atoms with Gasteiger partial charge >= 0.3 is 29.0 Å². The van der Waals surface area contributed by atoms with Crippen LogP contribution in [0.25, 0.3) is 0 Å². The maximum atomic E-state index is 13.6. The Balaban J connectivity index is 3.71. The van der Waals surface area contributed by atoms with Crippen LogP contribution in [0.15, 0.2) is 38.7 Å². The van der Waals surface area contributed by atoms with Crippen LogP contribution in [0.3, 0.4) is 0 Å². The van der Waals surface area contributed by atoms with Gasteiger partial charge in [-0.1, -0.05) is 59.6 Å². The van der Waals surface area contributed by atoms with Gasteiger partial charge in [-0.05, 0) is 52.4 Å². The molecule has 0 aliphatic rings. The van der Waals surface area contributed by atoms with E-state index in [-0.39, 0.29) is 30.7 Å². The lowest BCUT2D eigenvalue weighted by Gasteiger charge is -2.23. The summed E-state index contributed by atoms with van der Waals surface area (Å²) >= 11 is 0. The van der Waals surface area contributed by atoms with Gasteiger partial charge in [0.05, 0.1) is 13.1 Å². The molecule has 0 saturated carbocycles. The molecule has 1 N–H and O–H groups in total. The second-order valence-electron chi connectivity index (χ2n) is 10.3. The number of nitrogens with zero attached hydrogens (tertiary/aromatic N) is 3. The number of esters is 2. The van der Waals surface area contributed by atoms with Crippen molar-refractivity contribution in [2.45, 2.75) is 130 Å². The van der Waals surface area contributed by atoms with Crippen molar-refractivity contribution in [1.82, 2.24) is 13.7 Å². The molecule has 11 heteroatoms. The van der Waals surface area contributed by atoms with Crippen molar-refractivity contribution in [1.29, 1.82) is 0 Å². The fourth-order valence-electron chi connectivity index (χ4n) is 4.07. The van der Waals surface area contributed by atoms with E-state index in [0.29, 0.717) is 36.7 Å². The normalized spacial score (nSPS) is 13.3. The Morgan fingerprint density at radius 2 is 1.10 bits per heavy atom. The van der Waals surface area contributed by atoms with E-state index in [0.717, 1.165) is 34.8 Å². The molecule has 0 aliphatic carbocycles. The molecule has 3 atom stereocenters. The van der Waals surface area contributed by atoms with Gasteiger partial charge in [0.2, 0.25) is 0 Å². The monoisotopic (exact) mass is 565 g/mol. The smallest absolute Gasteiger partial charge is 0.338 e. The van der Waals surface area contributed by atoms with Gasteiger partial charge in [-0.2, -0.15) is 0 Å². The number of aliphatic hydroxyl groups excluding tert-OH is 1. The van der Waals surface area contributed by atoms with E-state index in [1.165, 1.54) is 13.8 Å². The molecule has 1 rings (SSSR count). The minimum absolute atomic E-state index is 0.134. The number of aliphatic hydroxyl groups is 1. The zero-order valence-corrected chi connectivity index (χ0v) is 24.8. The molecular formula is C29H47N3O8. The van der Waals surface area contributed by atoms with Crippen molar-refractivity contribution < 1.29 is 24.2 Å². The van der Waals surface area contributed by atoms with Gasteiger partial charge in [0.15, 0.2) is 0 Å². The topological polar surface area (TPSA) is 139 Å². The maximum Gasteiger partial charge on any atom is 0.338 e. The van der Waals surface area contributed by atoms with Gasteiger partial charge in [-0.25, -0.2) is 37.7 Å². The van der Waals surface area contributed by atoms with Gasteiger partial charge in [0.25, 0.3) is 0 Å². The molecule has 0 spiro atoms. The Morgan fingerprint density at radius 3 is 1.45 bits per heavy atom. The van der Waals surface area contributed by atoms with E-state index in [9.17, 15) is 29.1 Å². The number of hydrogen-bond acceptors (Lipinski definition) is 8. The minimum Gasteiger partial charge on any atom is -0.457 e. The molecule has 1 aromatic rings. The molecule has 0 saturated heterocycles. The van der Waals surface area contributed by atoms with Crippen molar-refractivity contribution in [3.05, 3.63) is 55.8 Å².